The molecule has 1 heterocycles. The lowest BCUT2D eigenvalue weighted by molar-refractivity contribution is -0.136. The van der Waals surface area contributed by atoms with Gasteiger partial charge < -0.3 is 5.11 Å². The number of aliphatic carboxylic acids is 1. The molecule has 3 nitrogen and oxygen atoms in total. The number of aromatic nitrogens is 1. The molecule has 1 N–H and O–H groups in total. The Labute approximate surface area is 91.5 Å². The monoisotopic (exact) mass is 231 g/mol. The van der Waals surface area contributed by atoms with Gasteiger partial charge in [0.1, 0.15) is 0 Å². The minimum atomic E-state index is -0.792. The number of halogens is 1. The van der Waals surface area contributed by atoms with E-state index >= 15 is 0 Å². The van der Waals surface area contributed by atoms with Crippen LogP contribution in [0.1, 0.15) is 12.1 Å². The molecule has 0 aromatic carbocycles. The van der Waals surface area contributed by atoms with Crippen LogP contribution in [0.2, 0.25) is 5.02 Å². The summed E-state index contributed by atoms with van der Waals surface area (Å²) in [5.74, 6) is -0.266. The molecular formula is C9H10ClNO2S. The molecule has 0 bridgehead atoms. The van der Waals surface area contributed by atoms with Crippen LogP contribution in [0.15, 0.2) is 17.2 Å². The highest BCUT2D eigenvalue weighted by Gasteiger charge is 2.05. The average Bonchev–Trinajstić information content (AvgIpc) is 2.12. The summed E-state index contributed by atoms with van der Waals surface area (Å²) >= 11 is 7.41. The molecule has 0 atom stereocenters. The van der Waals surface area contributed by atoms with E-state index in [9.17, 15) is 4.79 Å². The third-order valence-electron chi connectivity index (χ3n) is 1.60. The Morgan fingerprint density at radius 2 is 2.43 bits per heavy atom. The maximum atomic E-state index is 10.3. The highest BCUT2D eigenvalue weighted by molar-refractivity contribution is 7.99. The summed E-state index contributed by atoms with van der Waals surface area (Å²) < 4.78 is 0. The second kappa shape index (κ2) is 5.22. The van der Waals surface area contributed by atoms with Crippen LogP contribution in [0.3, 0.4) is 0 Å². The molecule has 0 aliphatic heterocycles. The zero-order valence-corrected chi connectivity index (χ0v) is 9.23. The minimum Gasteiger partial charge on any atom is -0.481 e. The van der Waals surface area contributed by atoms with E-state index in [2.05, 4.69) is 4.98 Å². The first kappa shape index (κ1) is 11.3. The second-order valence-corrected chi connectivity index (χ2v) is 4.22. The van der Waals surface area contributed by atoms with Crippen molar-refractivity contribution >= 4 is 29.3 Å². The lowest BCUT2D eigenvalue weighted by atomic mass is 10.4. The molecule has 0 saturated heterocycles. The highest BCUT2D eigenvalue weighted by atomic mass is 35.5. The summed E-state index contributed by atoms with van der Waals surface area (Å²) in [6, 6.07) is 1.79. The molecule has 0 fully saturated rings. The minimum absolute atomic E-state index is 0.141. The fourth-order valence-corrected chi connectivity index (χ4v) is 2.09. The van der Waals surface area contributed by atoms with Crippen molar-refractivity contribution in [3.63, 3.8) is 0 Å². The molecule has 0 unspecified atom stereocenters. The number of carbonyl (C=O) groups is 1. The van der Waals surface area contributed by atoms with E-state index in [1.54, 1.807) is 12.3 Å². The van der Waals surface area contributed by atoms with Gasteiger partial charge in [-0.2, -0.15) is 0 Å². The first-order chi connectivity index (χ1) is 6.61. The quantitative estimate of drug-likeness (QED) is 0.810. The summed E-state index contributed by atoms with van der Waals surface area (Å²) in [6.45, 7) is 1.82. The molecule has 0 spiro atoms. The number of carboxylic acids is 1. The van der Waals surface area contributed by atoms with Crippen molar-refractivity contribution in [2.24, 2.45) is 0 Å². The van der Waals surface area contributed by atoms with Crippen LogP contribution in [0, 0.1) is 6.92 Å². The van der Waals surface area contributed by atoms with Gasteiger partial charge in [0.15, 0.2) is 0 Å². The van der Waals surface area contributed by atoms with Gasteiger partial charge in [0.2, 0.25) is 0 Å². The van der Waals surface area contributed by atoms with Crippen LogP contribution in [0.4, 0.5) is 0 Å². The van der Waals surface area contributed by atoms with Crippen molar-refractivity contribution in [1.82, 2.24) is 4.98 Å². The van der Waals surface area contributed by atoms with E-state index in [0.29, 0.717) is 10.8 Å². The zero-order chi connectivity index (χ0) is 10.6. The van der Waals surface area contributed by atoms with E-state index in [-0.39, 0.29) is 6.42 Å². The van der Waals surface area contributed by atoms with Gasteiger partial charge in [-0.1, -0.05) is 11.6 Å². The van der Waals surface area contributed by atoms with Gasteiger partial charge in [-0.15, -0.1) is 11.8 Å². The van der Waals surface area contributed by atoms with Crippen molar-refractivity contribution in [3.05, 3.63) is 23.0 Å². The van der Waals surface area contributed by atoms with E-state index in [0.717, 1.165) is 10.6 Å². The first-order valence-electron chi connectivity index (χ1n) is 4.07. The molecule has 76 valence electrons. The number of nitrogens with zero attached hydrogens (tertiary/aromatic N) is 1. The Balaban J connectivity index is 2.59. The molecule has 0 aliphatic rings. The number of hydrogen-bond acceptors (Lipinski definition) is 3. The fourth-order valence-electron chi connectivity index (χ4n) is 0.885. The Morgan fingerprint density at radius 1 is 1.71 bits per heavy atom. The summed E-state index contributed by atoms with van der Waals surface area (Å²) in [6.07, 6.45) is 1.81. The van der Waals surface area contributed by atoms with Gasteiger partial charge in [-0.25, -0.2) is 0 Å². The Morgan fingerprint density at radius 3 is 3.07 bits per heavy atom. The molecule has 1 rings (SSSR count). The maximum Gasteiger partial charge on any atom is 0.304 e. The van der Waals surface area contributed by atoms with Gasteiger partial charge in [0.25, 0.3) is 0 Å². The summed E-state index contributed by atoms with van der Waals surface area (Å²) in [5.41, 5.74) is 0.770. The Hall–Kier alpha value is -0.740. The normalized spacial score (nSPS) is 10.1. The van der Waals surface area contributed by atoms with Gasteiger partial charge in [-0.3, -0.25) is 9.78 Å². The molecular weight excluding hydrogens is 222 g/mol. The Kier molecular flexibility index (Phi) is 4.22. The highest BCUT2D eigenvalue weighted by Crippen LogP contribution is 2.28. The Bertz CT molecular complexity index is 344. The van der Waals surface area contributed by atoms with E-state index < -0.39 is 5.97 Å². The lowest BCUT2D eigenvalue weighted by Crippen LogP contribution is -1.96. The maximum absolute atomic E-state index is 10.3. The van der Waals surface area contributed by atoms with Crippen molar-refractivity contribution in [2.75, 3.05) is 5.75 Å². The predicted molar refractivity (Wildman–Crippen MR) is 57.0 cm³/mol. The fraction of sp³-hybridized carbons (Fsp3) is 0.333. The first-order valence-corrected chi connectivity index (χ1v) is 5.43. The van der Waals surface area contributed by atoms with Gasteiger partial charge in [0.05, 0.1) is 17.1 Å². The topological polar surface area (TPSA) is 50.2 Å². The smallest absolute Gasteiger partial charge is 0.304 e. The van der Waals surface area contributed by atoms with E-state index in [1.807, 2.05) is 6.92 Å². The molecule has 0 amide bonds. The molecule has 14 heavy (non-hydrogen) atoms. The molecule has 1 aromatic heterocycles. The lowest BCUT2D eigenvalue weighted by Gasteiger charge is -2.03. The summed E-state index contributed by atoms with van der Waals surface area (Å²) in [5, 5.41) is 9.07. The molecule has 0 saturated carbocycles. The predicted octanol–water partition coefficient (Wildman–Crippen LogP) is 2.61. The molecule has 0 radical (unpaired) electrons. The SMILES string of the molecule is Cc1nccc(SCCC(=O)O)c1Cl. The van der Waals surface area contributed by atoms with Crippen LogP contribution in [0.5, 0.6) is 0 Å². The molecule has 0 aliphatic carbocycles. The van der Waals surface area contributed by atoms with Crippen molar-refractivity contribution in [3.8, 4) is 0 Å². The number of thioether (sulfide) groups is 1. The third kappa shape index (κ3) is 3.20. The molecule has 5 heteroatoms. The van der Waals surface area contributed by atoms with Gasteiger partial charge in [0, 0.05) is 16.8 Å². The van der Waals surface area contributed by atoms with Gasteiger partial charge in [-0.05, 0) is 13.0 Å². The van der Waals surface area contributed by atoms with Crippen molar-refractivity contribution in [2.45, 2.75) is 18.2 Å². The van der Waals surface area contributed by atoms with Gasteiger partial charge >= 0.3 is 5.97 Å². The summed E-state index contributed by atoms with van der Waals surface area (Å²) in [4.78, 5) is 15.2. The number of hydrogen-bond donors (Lipinski definition) is 1. The second-order valence-electron chi connectivity index (χ2n) is 2.70. The zero-order valence-electron chi connectivity index (χ0n) is 7.66. The number of aryl methyl sites for hydroxylation is 1. The van der Waals surface area contributed by atoms with Crippen LogP contribution in [-0.4, -0.2) is 21.8 Å². The van der Waals surface area contributed by atoms with Crippen molar-refractivity contribution < 1.29 is 9.90 Å². The van der Waals surface area contributed by atoms with E-state index in [4.69, 9.17) is 16.7 Å². The standard InChI is InChI=1S/C9H10ClNO2S/c1-6-9(10)7(2-4-11-6)14-5-3-8(12)13/h2,4H,3,5H2,1H3,(H,12,13). The number of carboxylic acid groups (broad SMARTS) is 1. The number of rotatable bonds is 4. The largest absolute Gasteiger partial charge is 0.481 e. The average molecular weight is 232 g/mol. The van der Waals surface area contributed by atoms with E-state index in [1.165, 1.54) is 11.8 Å². The van der Waals surface area contributed by atoms with Crippen molar-refractivity contribution in [1.29, 1.82) is 0 Å². The van der Waals surface area contributed by atoms with Crippen LogP contribution in [-0.2, 0) is 4.79 Å². The third-order valence-corrected chi connectivity index (χ3v) is 3.25. The van der Waals surface area contributed by atoms with Crippen LogP contribution in [0.25, 0.3) is 0 Å². The number of pyridine rings is 1. The molecule has 1 aromatic rings. The van der Waals surface area contributed by atoms with Crippen LogP contribution >= 0.6 is 23.4 Å². The van der Waals surface area contributed by atoms with Crippen LogP contribution < -0.4 is 0 Å². The summed E-state index contributed by atoms with van der Waals surface area (Å²) in [7, 11) is 0.